The molecule has 6 heteroatoms. The van der Waals surface area contributed by atoms with Gasteiger partial charge in [-0.15, -0.1) is 0 Å². The van der Waals surface area contributed by atoms with E-state index >= 15 is 0 Å². The summed E-state index contributed by atoms with van der Waals surface area (Å²) < 4.78 is 0. The van der Waals surface area contributed by atoms with Crippen molar-refractivity contribution in [3.8, 4) is 0 Å². The van der Waals surface area contributed by atoms with Gasteiger partial charge < -0.3 is 10.2 Å². The largest absolute Gasteiger partial charge is 0.354 e. The summed E-state index contributed by atoms with van der Waals surface area (Å²) in [5, 5.41) is 3.91. The Balaban J connectivity index is 1.96. The molecule has 0 spiro atoms. The summed E-state index contributed by atoms with van der Waals surface area (Å²) in [5.74, 6) is -0.270. The molecule has 0 saturated carbocycles. The molecule has 3 aromatic rings. The normalized spacial score (nSPS) is 11.7. The minimum Gasteiger partial charge on any atom is -0.354 e. The van der Waals surface area contributed by atoms with Gasteiger partial charge in [-0.2, -0.15) is 0 Å². The van der Waals surface area contributed by atoms with Crippen molar-refractivity contribution in [1.82, 2.24) is 10.2 Å². The Kier molecular flexibility index (Phi) is 10.2. The van der Waals surface area contributed by atoms with Gasteiger partial charge in [0.15, 0.2) is 0 Å². The van der Waals surface area contributed by atoms with Gasteiger partial charge >= 0.3 is 0 Å². The van der Waals surface area contributed by atoms with Crippen molar-refractivity contribution in [2.75, 3.05) is 6.54 Å². The second-order valence-electron chi connectivity index (χ2n) is 8.79. The van der Waals surface area contributed by atoms with Crippen LogP contribution >= 0.6 is 23.2 Å². The Labute approximate surface area is 218 Å². The first-order chi connectivity index (χ1) is 16.9. The van der Waals surface area contributed by atoms with Crippen molar-refractivity contribution in [3.05, 3.63) is 105 Å². The van der Waals surface area contributed by atoms with Crippen molar-refractivity contribution in [2.24, 2.45) is 0 Å². The summed E-state index contributed by atoms with van der Waals surface area (Å²) in [5.41, 5.74) is 3.81. The average Bonchev–Trinajstić information content (AvgIpc) is 2.84. The van der Waals surface area contributed by atoms with Crippen LogP contribution in [-0.4, -0.2) is 29.3 Å². The van der Waals surface area contributed by atoms with Crippen molar-refractivity contribution in [2.45, 2.75) is 52.1 Å². The Bertz CT molecular complexity index is 1130. The smallest absolute Gasteiger partial charge is 0.243 e. The molecule has 0 aliphatic carbocycles. The molecule has 0 aromatic heterocycles. The molecule has 35 heavy (non-hydrogen) atoms. The van der Waals surface area contributed by atoms with Crippen LogP contribution in [0.2, 0.25) is 10.0 Å². The maximum absolute atomic E-state index is 13.7. The van der Waals surface area contributed by atoms with E-state index in [2.05, 4.69) is 12.2 Å². The van der Waals surface area contributed by atoms with Crippen LogP contribution in [0, 0.1) is 6.92 Å². The second kappa shape index (κ2) is 13.3. The lowest BCUT2D eigenvalue weighted by Gasteiger charge is -2.32. The first kappa shape index (κ1) is 26.8. The van der Waals surface area contributed by atoms with Crippen LogP contribution in [0.3, 0.4) is 0 Å². The summed E-state index contributed by atoms with van der Waals surface area (Å²) in [4.78, 5) is 28.8. The van der Waals surface area contributed by atoms with E-state index < -0.39 is 6.04 Å². The number of carbonyl (C=O) groups is 2. The second-order valence-corrected chi connectivity index (χ2v) is 9.60. The number of amides is 2. The molecule has 3 aromatic carbocycles. The molecule has 0 unspecified atom stereocenters. The minimum atomic E-state index is -0.666. The Morgan fingerprint density at radius 2 is 1.63 bits per heavy atom. The molecule has 0 fully saturated rings. The van der Waals surface area contributed by atoms with E-state index in [1.807, 2.05) is 67.6 Å². The van der Waals surface area contributed by atoms with E-state index in [4.69, 9.17) is 23.2 Å². The SMILES string of the molecule is CCCCNC(=O)[C@@H](Cc1ccccc1)N(Cc1ccc(Cl)c(Cl)c1)C(=O)Cc1cccc(C)c1. The Morgan fingerprint density at radius 3 is 2.31 bits per heavy atom. The van der Waals surface area contributed by atoms with E-state index in [1.165, 1.54) is 0 Å². The average molecular weight is 511 g/mol. The molecule has 4 nitrogen and oxygen atoms in total. The number of carbonyl (C=O) groups excluding carboxylic acids is 2. The molecule has 0 bridgehead atoms. The van der Waals surface area contributed by atoms with Gasteiger partial charge in [0.25, 0.3) is 0 Å². The summed E-state index contributed by atoms with van der Waals surface area (Å²) in [7, 11) is 0. The fourth-order valence-electron chi connectivity index (χ4n) is 3.99. The van der Waals surface area contributed by atoms with E-state index in [0.29, 0.717) is 23.0 Å². The van der Waals surface area contributed by atoms with Gasteiger partial charge in [-0.25, -0.2) is 0 Å². The van der Waals surface area contributed by atoms with Crippen molar-refractivity contribution >= 4 is 35.0 Å². The fraction of sp³-hybridized carbons (Fsp3) is 0.310. The van der Waals surface area contributed by atoms with Gasteiger partial charge in [-0.3, -0.25) is 9.59 Å². The molecule has 0 heterocycles. The molecule has 0 aliphatic heterocycles. The molecule has 0 aliphatic rings. The van der Waals surface area contributed by atoms with Gasteiger partial charge in [0.2, 0.25) is 11.8 Å². The van der Waals surface area contributed by atoms with Gasteiger partial charge in [-0.05, 0) is 42.2 Å². The van der Waals surface area contributed by atoms with E-state index in [1.54, 1.807) is 17.0 Å². The lowest BCUT2D eigenvalue weighted by atomic mass is 10.0. The zero-order chi connectivity index (χ0) is 25.2. The quantitative estimate of drug-likeness (QED) is 0.303. The van der Waals surface area contributed by atoms with Crippen LogP contribution in [0.25, 0.3) is 0 Å². The molecule has 1 atom stereocenters. The molecule has 3 rings (SSSR count). The topological polar surface area (TPSA) is 49.4 Å². The molecule has 2 amide bonds. The van der Waals surface area contributed by atoms with Crippen molar-refractivity contribution in [1.29, 1.82) is 0 Å². The number of halogens is 2. The van der Waals surface area contributed by atoms with Crippen LogP contribution in [0.15, 0.2) is 72.8 Å². The Morgan fingerprint density at radius 1 is 0.886 bits per heavy atom. The number of unbranched alkanes of at least 4 members (excludes halogenated alkanes) is 1. The molecule has 0 saturated heterocycles. The van der Waals surface area contributed by atoms with Crippen molar-refractivity contribution < 1.29 is 9.59 Å². The molecular weight excluding hydrogens is 479 g/mol. The Hall–Kier alpha value is -2.82. The van der Waals surface area contributed by atoms with Crippen LogP contribution in [0.4, 0.5) is 0 Å². The number of nitrogens with zero attached hydrogens (tertiary/aromatic N) is 1. The highest BCUT2D eigenvalue weighted by atomic mass is 35.5. The standard InChI is InChI=1S/C29H32Cl2N2O2/c1-3-4-15-32-29(35)27(18-22-10-6-5-7-11-22)33(20-24-13-14-25(30)26(31)17-24)28(34)19-23-12-8-9-21(2)16-23/h5-14,16-17,27H,3-4,15,18-20H2,1-2H3,(H,32,35)/t27-/m1/s1. The van der Waals surface area contributed by atoms with Gasteiger partial charge in [-0.1, -0.05) is 103 Å². The summed E-state index contributed by atoms with van der Waals surface area (Å²) >= 11 is 12.4. The third-order valence-corrected chi connectivity index (χ3v) is 6.61. The zero-order valence-electron chi connectivity index (χ0n) is 20.3. The lowest BCUT2D eigenvalue weighted by molar-refractivity contribution is -0.140. The number of hydrogen-bond acceptors (Lipinski definition) is 2. The summed E-state index contributed by atoms with van der Waals surface area (Å²) in [6.07, 6.45) is 2.48. The third-order valence-electron chi connectivity index (χ3n) is 5.88. The molecular formula is C29H32Cl2N2O2. The highest BCUT2D eigenvalue weighted by molar-refractivity contribution is 6.42. The van der Waals surface area contributed by atoms with Crippen LogP contribution in [-0.2, 0) is 29.0 Å². The molecule has 184 valence electrons. The number of rotatable bonds is 11. The van der Waals surface area contributed by atoms with E-state index in [9.17, 15) is 9.59 Å². The number of benzene rings is 3. The fourth-order valence-corrected chi connectivity index (χ4v) is 4.31. The van der Waals surface area contributed by atoms with Gasteiger partial charge in [0.05, 0.1) is 16.5 Å². The van der Waals surface area contributed by atoms with Crippen LogP contribution in [0.1, 0.15) is 42.0 Å². The monoisotopic (exact) mass is 510 g/mol. The van der Waals surface area contributed by atoms with Gasteiger partial charge in [0, 0.05) is 19.5 Å². The highest BCUT2D eigenvalue weighted by Crippen LogP contribution is 2.24. The van der Waals surface area contributed by atoms with E-state index in [0.717, 1.165) is 35.1 Å². The predicted octanol–water partition coefficient (Wildman–Crippen LogP) is 6.40. The zero-order valence-corrected chi connectivity index (χ0v) is 21.8. The van der Waals surface area contributed by atoms with Crippen molar-refractivity contribution in [3.63, 3.8) is 0 Å². The first-order valence-electron chi connectivity index (χ1n) is 12.0. The maximum Gasteiger partial charge on any atom is 0.243 e. The number of nitrogens with one attached hydrogen (secondary N) is 1. The van der Waals surface area contributed by atoms with E-state index in [-0.39, 0.29) is 24.8 Å². The number of hydrogen-bond donors (Lipinski definition) is 1. The molecule has 1 N–H and O–H groups in total. The minimum absolute atomic E-state index is 0.117. The maximum atomic E-state index is 13.7. The third kappa shape index (κ3) is 8.12. The predicted molar refractivity (Wildman–Crippen MR) is 144 cm³/mol. The van der Waals surface area contributed by atoms with Crippen LogP contribution in [0.5, 0.6) is 0 Å². The first-order valence-corrected chi connectivity index (χ1v) is 12.7. The lowest BCUT2D eigenvalue weighted by Crippen LogP contribution is -2.51. The summed E-state index contributed by atoms with van der Waals surface area (Å²) in [6, 6.07) is 22.3. The highest BCUT2D eigenvalue weighted by Gasteiger charge is 2.30. The van der Waals surface area contributed by atoms with Crippen LogP contribution < -0.4 is 5.32 Å². The molecule has 0 radical (unpaired) electrons. The van der Waals surface area contributed by atoms with Gasteiger partial charge in [0.1, 0.15) is 6.04 Å². The number of aryl methyl sites for hydroxylation is 1. The summed E-state index contributed by atoms with van der Waals surface area (Å²) in [6.45, 7) is 4.91.